The van der Waals surface area contributed by atoms with E-state index in [0.717, 1.165) is 31.7 Å². The molecule has 1 aliphatic heterocycles. The van der Waals surface area contributed by atoms with Crippen LogP contribution in [0.3, 0.4) is 0 Å². The highest BCUT2D eigenvalue weighted by Crippen LogP contribution is 2.28. The third-order valence-electron chi connectivity index (χ3n) is 2.95. The van der Waals surface area contributed by atoms with Crippen molar-refractivity contribution in [3.63, 3.8) is 0 Å². The molecule has 1 saturated heterocycles. The third-order valence-corrected chi connectivity index (χ3v) is 2.95. The van der Waals surface area contributed by atoms with Gasteiger partial charge in [0.25, 0.3) is 0 Å². The van der Waals surface area contributed by atoms with Crippen molar-refractivity contribution >= 4 is 11.8 Å². The molecule has 2 heterocycles. The fourth-order valence-electron chi connectivity index (χ4n) is 2.14. The monoisotopic (exact) mass is 236 g/mol. The van der Waals surface area contributed by atoms with Crippen molar-refractivity contribution in [1.82, 2.24) is 4.98 Å². The van der Waals surface area contributed by atoms with Crippen LogP contribution in [0, 0.1) is 0 Å². The maximum Gasteiger partial charge on any atom is 0.306 e. The van der Waals surface area contributed by atoms with E-state index in [1.807, 2.05) is 0 Å². The lowest BCUT2D eigenvalue weighted by molar-refractivity contribution is -0.139. The second kappa shape index (κ2) is 5.14. The van der Waals surface area contributed by atoms with Crippen molar-refractivity contribution in [1.29, 1.82) is 0 Å². The largest absolute Gasteiger partial charge is 0.481 e. The highest BCUT2D eigenvalue weighted by molar-refractivity contribution is 5.68. The van der Waals surface area contributed by atoms with Crippen LogP contribution < -0.4 is 4.90 Å². The summed E-state index contributed by atoms with van der Waals surface area (Å²) in [6.07, 6.45) is 2.63. The molecule has 92 valence electrons. The van der Waals surface area contributed by atoms with E-state index in [2.05, 4.69) is 9.88 Å². The summed E-state index contributed by atoms with van der Waals surface area (Å²) in [5.41, 5.74) is 0.608. The minimum Gasteiger partial charge on any atom is -0.481 e. The molecule has 1 aromatic rings. The van der Waals surface area contributed by atoms with Gasteiger partial charge in [0.05, 0.1) is 12.5 Å². The van der Waals surface area contributed by atoms with E-state index in [4.69, 9.17) is 5.11 Å². The first-order valence-electron chi connectivity index (χ1n) is 5.78. The number of rotatable bonds is 4. The van der Waals surface area contributed by atoms with Gasteiger partial charge in [-0.1, -0.05) is 6.07 Å². The van der Waals surface area contributed by atoms with E-state index in [1.165, 1.54) is 0 Å². The number of aliphatic carboxylic acids is 1. The Morgan fingerprint density at radius 2 is 2.18 bits per heavy atom. The molecule has 0 saturated carbocycles. The Kier molecular flexibility index (Phi) is 3.58. The predicted octanol–water partition coefficient (Wildman–Crippen LogP) is 1.19. The van der Waals surface area contributed by atoms with Gasteiger partial charge in [0.15, 0.2) is 0 Å². The van der Waals surface area contributed by atoms with E-state index < -0.39 is 12.1 Å². The first-order chi connectivity index (χ1) is 8.18. The molecular weight excluding hydrogens is 220 g/mol. The first-order valence-corrected chi connectivity index (χ1v) is 5.78. The number of carboxylic acids is 1. The lowest BCUT2D eigenvalue weighted by Crippen LogP contribution is -2.22. The average molecular weight is 236 g/mol. The van der Waals surface area contributed by atoms with Gasteiger partial charge in [0, 0.05) is 24.8 Å². The molecule has 1 aliphatic rings. The topological polar surface area (TPSA) is 73.7 Å². The number of nitrogens with zero attached hydrogens (tertiary/aromatic N) is 2. The molecule has 0 amide bonds. The van der Waals surface area contributed by atoms with Crippen LogP contribution in [0.25, 0.3) is 0 Å². The molecule has 17 heavy (non-hydrogen) atoms. The van der Waals surface area contributed by atoms with E-state index in [-0.39, 0.29) is 6.42 Å². The molecule has 1 aromatic heterocycles. The molecule has 0 spiro atoms. The van der Waals surface area contributed by atoms with Crippen molar-refractivity contribution in [2.45, 2.75) is 25.4 Å². The minimum atomic E-state index is -1.01. The van der Waals surface area contributed by atoms with Crippen LogP contribution in [0.15, 0.2) is 18.3 Å². The number of pyridine rings is 1. The molecule has 1 atom stereocenters. The molecule has 1 fully saturated rings. The highest BCUT2D eigenvalue weighted by Gasteiger charge is 2.21. The number of anilines is 1. The van der Waals surface area contributed by atoms with Gasteiger partial charge in [0.2, 0.25) is 0 Å². The van der Waals surface area contributed by atoms with Crippen LogP contribution in [-0.2, 0) is 4.79 Å². The van der Waals surface area contributed by atoms with Gasteiger partial charge < -0.3 is 15.1 Å². The summed E-state index contributed by atoms with van der Waals surface area (Å²) in [4.78, 5) is 17.0. The smallest absolute Gasteiger partial charge is 0.306 e. The zero-order chi connectivity index (χ0) is 12.3. The maximum absolute atomic E-state index is 10.6. The van der Waals surface area contributed by atoms with E-state index in [0.29, 0.717) is 5.56 Å². The van der Waals surface area contributed by atoms with Crippen LogP contribution in [0.5, 0.6) is 0 Å². The molecular formula is C12H16N2O3. The Bertz CT molecular complexity index is 402. The summed E-state index contributed by atoms with van der Waals surface area (Å²) in [6, 6.07) is 3.47. The summed E-state index contributed by atoms with van der Waals surface area (Å²) >= 11 is 0. The highest BCUT2D eigenvalue weighted by atomic mass is 16.4. The minimum absolute atomic E-state index is 0.285. The molecule has 2 N–H and O–H groups in total. The first kappa shape index (κ1) is 11.9. The molecule has 0 unspecified atom stereocenters. The summed E-state index contributed by atoms with van der Waals surface area (Å²) in [5, 5.41) is 18.6. The van der Waals surface area contributed by atoms with Gasteiger partial charge in [-0.2, -0.15) is 0 Å². The zero-order valence-corrected chi connectivity index (χ0v) is 9.54. The van der Waals surface area contributed by atoms with Gasteiger partial charge in [-0.05, 0) is 18.9 Å². The average Bonchev–Trinajstić information content (AvgIpc) is 2.81. The van der Waals surface area contributed by atoms with Crippen LogP contribution in [0.1, 0.15) is 30.9 Å². The lowest BCUT2D eigenvalue weighted by Gasteiger charge is -2.21. The van der Waals surface area contributed by atoms with E-state index in [9.17, 15) is 9.90 Å². The Morgan fingerprint density at radius 3 is 2.82 bits per heavy atom. The number of hydrogen-bond donors (Lipinski definition) is 2. The fraction of sp³-hybridized carbons (Fsp3) is 0.500. The standard InChI is InChI=1S/C12H16N2O3/c15-10(8-11(16)17)9-4-3-5-13-12(9)14-6-1-2-7-14/h3-5,10,15H,1-2,6-8H2,(H,16,17)/t10-/m1/s1. The fourth-order valence-corrected chi connectivity index (χ4v) is 2.14. The Labute approximate surface area is 99.7 Å². The molecule has 0 aromatic carbocycles. The van der Waals surface area contributed by atoms with Gasteiger partial charge in [-0.15, -0.1) is 0 Å². The van der Waals surface area contributed by atoms with Crippen molar-refractivity contribution in [2.24, 2.45) is 0 Å². The molecule has 5 heteroatoms. The van der Waals surface area contributed by atoms with Gasteiger partial charge >= 0.3 is 5.97 Å². The number of aliphatic hydroxyl groups is 1. The van der Waals surface area contributed by atoms with Gasteiger partial charge in [-0.3, -0.25) is 4.79 Å². The maximum atomic E-state index is 10.6. The number of aliphatic hydroxyl groups excluding tert-OH is 1. The number of aromatic nitrogens is 1. The van der Waals surface area contributed by atoms with Crippen molar-refractivity contribution in [3.05, 3.63) is 23.9 Å². The van der Waals surface area contributed by atoms with Crippen LogP contribution in [0.2, 0.25) is 0 Å². The quantitative estimate of drug-likeness (QED) is 0.821. The summed E-state index contributed by atoms with van der Waals surface area (Å²) in [6.45, 7) is 1.84. The van der Waals surface area contributed by atoms with Gasteiger partial charge in [-0.25, -0.2) is 4.98 Å². The van der Waals surface area contributed by atoms with Crippen LogP contribution in [-0.4, -0.2) is 34.3 Å². The molecule has 5 nitrogen and oxygen atoms in total. The van der Waals surface area contributed by atoms with E-state index in [1.54, 1.807) is 18.3 Å². The van der Waals surface area contributed by atoms with Gasteiger partial charge in [0.1, 0.15) is 5.82 Å². The zero-order valence-electron chi connectivity index (χ0n) is 9.54. The Morgan fingerprint density at radius 1 is 1.47 bits per heavy atom. The second-order valence-electron chi connectivity index (χ2n) is 4.22. The second-order valence-corrected chi connectivity index (χ2v) is 4.22. The Balaban J connectivity index is 2.23. The van der Waals surface area contributed by atoms with E-state index >= 15 is 0 Å². The van der Waals surface area contributed by atoms with Crippen molar-refractivity contribution < 1.29 is 15.0 Å². The van der Waals surface area contributed by atoms with Crippen LogP contribution >= 0.6 is 0 Å². The lowest BCUT2D eigenvalue weighted by atomic mass is 10.1. The SMILES string of the molecule is O=C(O)C[C@@H](O)c1cccnc1N1CCCC1. The number of carboxylic acid groups (broad SMARTS) is 1. The summed E-state index contributed by atoms with van der Waals surface area (Å²) in [5.74, 6) is -0.285. The predicted molar refractivity (Wildman–Crippen MR) is 62.9 cm³/mol. The van der Waals surface area contributed by atoms with Crippen molar-refractivity contribution in [3.8, 4) is 0 Å². The molecule has 0 aliphatic carbocycles. The molecule has 0 radical (unpaired) electrons. The number of carbonyl (C=O) groups is 1. The summed E-state index contributed by atoms with van der Waals surface area (Å²) < 4.78 is 0. The van der Waals surface area contributed by atoms with Crippen LogP contribution in [0.4, 0.5) is 5.82 Å². The summed E-state index contributed by atoms with van der Waals surface area (Å²) in [7, 11) is 0. The molecule has 2 rings (SSSR count). The number of hydrogen-bond acceptors (Lipinski definition) is 4. The normalized spacial score (nSPS) is 17.1. The third kappa shape index (κ3) is 2.74. The molecule has 0 bridgehead atoms. The van der Waals surface area contributed by atoms with Crippen molar-refractivity contribution in [2.75, 3.05) is 18.0 Å². The Hall–Kier alpha value is -1.62.